The van der Waals surface area contributed by atoms with Crippen molar-refractivity contribution in [1.82, 2.24) is 0 Å². The summed E-state index contributed by atoms with van der Waals surface area (Å²) in [6.45, 7) is 8.82. The van der Waals surface area contributed by atoms with Gasteiger partial charge >= 0.3 is 0 Å². The number of anilines is 9. The highest BCUT2D eigenvalue weighted by molar-refractivity contribution is 5.95. The maximum absolute atomic E-state index is 2.46. The van der Waals surface area contributed by atoms with Gasteiger partial charge in [0.1, 0.15) is 0 Å². The zero-order valence-corrected chi connectivity index (χ0v) is 41.8. The summed E-state index contributed by atoms with van der Waals surface area (Å²) in [4.78, 5) is 7.31. The number of rotatable bonds is 13. The largest absolute Gasteiger partial charge is 0.310 e. The first-order valence-electron chi connectivity index (χ1n) is 25.2. The molecule has 0 saturated heterocycles. The smallest absolute Gasteiger partial charge is 0.0503 e. The minimum Gasteiger partial charge on any atom is -0.310 e. The van der Waals surface area contributed by atoms with E-state index in [1.54, 1.807) is 0 Å². The fourth-order valence-corrected chi connectivity index (χ4v) is 10.3. The molecule has 0 unspecified atom stereocenters. The molecule has 0 bridgehead atoms. The highest BCUT2D eigenvalue weighted by atomic mass is 15.2. The van der Waals surface area contributed by atoms with Gasteiger partial charge in [0.2, 0.25) is 0 Å². The van der Waals surface area contributed by atoms with Crippen molar-refractivity contribution in [2.75, 3.05) is 14.7 Å². The fraction of sp³-hybridized carbons (Fsp3) is 0.0571. The molecule has 0 aliphatic carbocycles. The van der Waals surface area contributed by atoms with E-state index < -0.39 is 0 Å². The van der Waals surface area contributed by atoms with E-state index in [0.717, 1.165) is 73.4 Å². The lowest BCUT2D eigenvalue weighted by atomic mass is 9.93. The van der Waals surface area contributed by atoms with E-state index in [0.29, 0.717) is 0 Å². The molecule has 11 rings (SSSR count). The molecule has 3 nitrogen and oxygen atoms in total. The molecule has 11 aromatic carbocycles. The van der Waals surface area contributed by atoms with Gasteiger partial charge in [-0.2, -0.15) is 0 Å². The lowest BCUT2D eigenvalue weighted by Gasteiger charge is -2.34. The van der Waals surface area contributed by atoms with Crippen molar-refractivity contribution in [2.45, 2.75) is 27.7 Å². The highest BCUT2D eigenvalue weighted by Crippen LogP contribution is 2.49. The normalized spacial score (nSPS) is 11.0. The van der Waals surface area contributed by atoms with Gasteiger partial charge in [-0.3, -0.25) is 0 Å². The summed E-state index contributed by atoms with van der Waals surface area (Å²) in [5, 5.41) is 0. The first-order chi connectivity index (χ1) is 35.9. The van der Waals surface area contributed by atoms with Gasteiger partial charge in [0, 0.05) is 34.1 Å². The van der Waals surface area contributed by atoms with Gasteiger partial charge < -0.3 is 14.7 Å². The Morgan fingerprint density at radius 1 is 0.205 bits per heavy atom. The molecule has 0 atom stereocenters. The Morgan fingerprint density at radius 3 is 0.836 bits per heavy atom. The third-order valence-corrected chi connectivity index (χ3v) is 13.7. The van der Waals surface area contributed by atoms with Gasteiger partial charge in [0.25, 0.3) is 0 Å². The van der Waals surface area contributed by atoms with E-state index in [4.69, 9.17) is 0 Å². The molecule has 0 aromatic heterocycles. The molecule has 0 N–H and O–H groups in total. The van der Waals surface area contributed by atoms with Crippen LogP contribution in [0.1, 0.15) is 22.3 Å². The monoisotopic (exact) mass is 939 g/mol. The summed E-state index contributed by atoms with van der Waals surface area (Å²) < 4.78 is 0. The number of benzene rings is 11. The van der Waals surface area contributed by atoms with E-state index in [1.165, 1.54) is 44.5 Å². The first-order valence-corrected chi connectivity index (χ1v) is 25.2. The third kappa shape index (κ3) is 9.69. The molecule has 3 heteroatoms. The van der Waals surface area contributed by atoms with Crippen LogP contribution in [0.5, 0.6) is 0 Å². The first kappa shape index (κ1) is 46.2. The van der Waals surface area contributed by atoms with Crippen molar-refractivity contribution in [3.05, 3.63) is 295 Å². The molecule has 0 amide bonds. The van der Waals surface area contributed by atoms with Crippen LogP contribution in [0.25, 0.3) is 44.5 Å². The number of hydrogen-bond donors (Lipinski definition) is 0. The van der Waals surface area contributed by atoms with Crippen LogP contribution in [0, 0.1) is 27.7 Å². The summed E-state index contributed by atoms with van der Waals surface area (Å²) in [6, 6.07) is 99.3. The summed E-state index contributed by atoms with van der Waals surface area (Å²) >= 11 is 0. The molecule has 73 heavy (non-hydrogen) atoms. The van der Waals surface area contributed by atoms with Gasteiger partial charge in [0.15, 0.2) is 0 Å². The standard InChI is InChI=1S/C70H57N3/c1-50-35-41-69(52(3)43-50)72(60-37-39-65(54-23-11-5-12-24-54)67(48-60)56-27-15-7-16-28-56)63-45-62(71(58-31-19-9-20-32-58)59-33-21-10-22-34-59)46-64(47-63)73(70-42-36-51(2)44-53(70)4)61-38-40-66(55-25-13-6-14-26-55)68(49-61)57-29-17-8-18-30-57/h5-49H,1-4H3. The molecule has 0 radical (unpaired) electrons. The van der Waals surface area contributed by atoms with Crippen molar-refractivity contribution in [3.8, 4) is 44.5 Å². The van der Waals surface area contributed by atoms with Crippen LogP contribution >= 0.6 is 0 Å². The summed E-state index contributed by atoms with van der Waals surface area (Å²) in [5.41, 5.74) is 23.6. The maximum atomic E-state index is 2.46. The lowest BCUT2D eigenvalue weighted by Crippen LogP contribution is -2.17. The molecular formula is C70H57N3. The second-order valence-electron chi connectivity index (χ2n) is 18.9. The molecule has 0 aliphatic rings. The Bertz CT molecular complexity index is 3410. The molecule has 0 aliphatic heterocycles. The van der Waals surface area contributed by atoms with E-state index in [2.05, 4.69) is 315 Å². The van der Waals surface area contributed by atoms with E-state index in [1.807, 2.05) is 0 Å². The van der Waals surface area contributed by atoms with Gasteiger partial charge in [-0.1, -0.05) is 205 Å². The van der Waals surface area contributed by atoms with Crippen LogP contribution < -0.4 is 14.7 Å². The average Bonchev–Trinajstić information content (AvgIpc) is 3.44. The number of aryl methyl sites for hydroxylation is 4. The Morgan fingerprint density at radius 2 is 0.507 bits per heavy atom. The Labute approximate surface area is 431 Å². The Kier molecular flexibility index (Phi) is 13.1. The predicted molar refractivity (Wildman–Crippen MR) is 311 cm³/mol. The Balaban J connectivity index is 1.23. The van der Waals surface area contributed by atoms with Crippen molar-refractivity contribution in [3.63, 3.8) is 0 Å². The maximum Gasteiger partial charge on any atom is 0.0503 e. The average molecular weight is 940 g/mol. The summed E-state index contributed by atoms with van der Waals surface area (Å²) in [5.74, 6) is 0. The van der Waals surface area contributed by atoms with Gasteiger partial charge in [-0.05, 0) is 162 Å². The molecule has 0 spiro atoms. The molecule has 352 valence electrons. The molecular weight excluding hydrogens is 883 g/mol. The number of nitrogens with zero attached hydrogens (tertiary/aromatic N) is 3. The summed E-state index contributed by atoms with van der Waals surface area (Å²) in [6.07, 6.45) is 0. The summed E-state index contributed by atoms with van der Waals surface area (Å²) in [7, 11) is 0. The van der Waals surface area contributed by atoms with Crippen molar-refractivity contribution >= 4 is 51.2 Å². The number of hydrogen-bond acceptors (Lipinski definition) is 3. The van der Waals surface area contributed by atoms with Crippen LogP contribution in [-0.4, -0.2) is 0 Å². The van der Waals surface area contributed by atoms with Crippen LogP contribution in [0.15, 0.2) is 273 Å². The second-order valence-corrected chi connectivity index (χ2v) is 18.9. The van der Waals surface area contributed by atoms with Gasteiger partial charge in [-0.25, -0.2) is 0 Å². The molecule has 0 heterocycles. The van der Waals surface area contributed by atoms with Gasteiger partial charge in [0.05, 0.1) is 17.1 Å². The fourth-order valence-electron chi connectivity index (χ4n) is 10.3. The molecule has 0 saturated carbocycles. The minimum atomic E-state index is 1.02. The highest BCUT2D eigenvalue weighted by Gasteiger charge is 2.25. The lowest BCUT2D eigenvalue weighted by molar-refractivity contribution is 1.20. The Hall–Kier alpha value is -9.18. The van der Waals surface area contributed by atoms with Crippen LogP contribution in [0.2, 0.25) is 0 Å². The van der Waals surface area contributed by atoms with Crippen LogP contribution in [0.4, 0.5) is 51.2 Å². The van der Waals surface area contributed by atoms with Gasteiger partial charge in [-0.15, -0.1) is 0 Å². The molecule has 11 aromatic rings. The third-order valence-electron chi connectivity index (χ3n) is 13.7. The second kappa shape index (κ2) is 20.7. The van der Waals surface area contributed by atoms with Crippen LogP contribution in [-0.2, 0) is 0 Å². The van der Waals surface area contributed by atoms with E-state index >= 15 is 0 Å². The van der Waals surface area contributed by atoms with Crippen molar-refractivity contribution in [1.29, 1.82) is 0 Å². The molecule has 0 fully saturated rings. The van der Waals surface area contributed by atoms with Crippen LogP contribution in [0.3, 0.4) is 0 Å². The minimum absolute atomic E-state index is 1.02. The quantitative estimate of drug-likeness (QED) is 0.114. The predicted octanol–water partition coefficient (Wildman–Crippen LogP) is 20.0. The van der Waals surface area contributed by atoms with Crippen molar-refractivity contribution in [2.24, 2.45) is 0 Å². The van der Waals surface area contributed by atoms with E-state index in [9.17, 15) is 0 Å². The topological polar surface area (TPSA) is 9.72 Å². The van der Waals surface area contributed by atoms with Crippen molar-refractivity contribution < 1.29 is 0 Å². The zero-order chi connectivity index (χ0) is 49.7. The zero-order valence-electron chi connectivity index (χ0n) is 41.8. The SMILES string of the molecule is Cc1ccc(N(c2cc(N(c3ccccc3)c3ccccc3)cc(N(c3ccc(-c4ccccc4)c(-c4ccccc4)c3)c3ccc(C)cc3C)c2)c2ccc(-c3ccccc3)c(-c3ccccc3)c2)c(C)c1. The van der Waals surface area contributed by atoms with E-state index in [-0.39, 0.29) is 0 Å². The number of para-hydroxylation sites is 2.